The van der Waals surface area contributed by atoms with Gasteiger partial charge in [-0.05, 0) is 26.1 Å². The Hall–Kier alpha value is -0.0900. The molecule has 0 aliphatic carbocycles. The van der Waals surface area contributed by atoms with Crippen LogP contribution in [0, 0.1) is 5.41 Å². The standard InChI is InChI=1S/C4H11O4P.CHNS/c1-3-7-9(5,6)8-4-2;2-1-3/h3-4H2,1-2H3,(H,5,6);2H. The van der Waals surface area contributed by atoms with Crippen molar-refractivity contribution >= 4 is 25.2 Å². The Balaban J connectivity index is 0. The van der Waals surface area contributed by atoms with Crippen LogP contribution in [0.4, 0.5) is 0 Å². The zero-order valence-electron chi connectivity index (χ0n) is 6.94. The molecule has 0 saturated heterocycles. The minimum atomic E-state index is -3.69. The van der Waals surface area contributed by atoms with Crippen molar-refractivity contribution in [3.63, 3.8) is 0 Å². The minimum Gasteiger partial charge on any atom is -0.302 e. The summed E-state index contributed by atoms with van der Waals surface area (Å²) in [5.74, 6) is 0. The number of hydrogen-bond donors (Lipinski definition) is 2. The molecule has 0 amide bonds. The van der Waals surface area contributed by atoms with Crippen molar-refractivity contribution in [3.8, 4) is 0 Å². The third-order valence-electron chi connectivity index (χ3n) is 0.584. The smallest absolute Gasteiger partial charge is 0.302 e. The lowest BCUT2D eigenvalue weighted by molar-refractivity contribution is 0.161. The van der Waals surface area contributed by atoms with Crippen molar-refractivity contribution in [3.05, 3.63) is 0 Å². The Morgan fingerprint density at radius 1 is 1.50 bits per heavy atom. The summed E-state index contributed by atoms with van der Waals surface area (Å²) in [6.07, 6.45) is 0. The quantitative estimate of drug-likeness (QED) is 0.423. The van der Waals surface area contributed by atoms with Gasteiger partial charge in [0.05, 0.1) is 18.4 Å². The number of rotatable bonds is 4. The molecule has 0 spiro atoms. The molecular weight excluding hydrogens is 201 g/mol. The average molecular weight is 213 g/mol. The first kappa shape index (κ1) is 14.4. The van der Waals surface area contributed by atoms with Crippen LogP contribution in [0.2, 0.25) is 0 Å². The maximum atomic E-state index is 10.5. The molecule has 0 saturated carbocycles. The van der Waals surface area contributed by atoms with Crippen molar-refractivity contribution in [2.45, 2.75) is 13.8 Å². The second kappa shape index (κ2) is 9.00. The van der Waals surface area contributed by atoms with E-state index in [1.807, 2.05) is 0 Å². The van der Waals surface area contributed by atoms with Gasteiger partial charge in [0, 0.05) is 0 Å². The SMILES string of the molecule is CCOP(=O)(O)OCC.N=C=S. The Morgan fingerprint density at radius 3 is 1.92 bits per heavy atom. The first-order valence-electron chi connectivity index (χ1n) is 3.19. The van der Waals surface area contributed by atoms with Gasteiger partial charge in [-0.1, -0.05) is 0 Å². The molecule has 0 heterocycles. The summed E-state index contributed by atoms with van der Waals surface area (Å²) < 4.78 is 19.2. The maximum Gasteiger partial charge on any atom is 0.472 e. The number of nitrogens with one attached hydrogen (secondary N) is 1. The van der Waals surface area contributed by atoms with Gasteiger partial charge in [0.2, 0.25) is 0 Å². The second-order valence-electron chi connectivity index (χ2n) is 1.41. The van der Waals surface area contributed by atoms with Gasteiger partial charge in [0.15, 0.2) is 0 Å². The van der Waals surface area contributed by atoms with Crippen LogP contribution < -0.4 is 0 Å². The summed E-state index contributed by atoms with van der Waals surface area (Å²) in [5.41, 5.74) is 0. The van der Waals surface area contributed by atoms with Crippen molar-refractivity contribution in [2.24, 2.45) is 0 Å². The van der Waals surface area contributed by atoms with E-state index in [9.17, 15) is 4.57 Å². The lowest BCUT2D eigenvalue weighted by Crippen LogP contribution is -1.93. The van der Waals surface area contributed by atoms with Crippen molar-refractivity contribution in [2.75, 3.05) is 13.2 Å². The first-order chi connectivity index (χ1) is 5.54. The highest BCUT2D eigenvalue weighted by Gasteiger charge is 2.17. The summed E-state index contributed by atoms with van der Waals surface area (Å²) in [6.45, 7) is 3.63. The van der Waals surface area contributed by atoms with Crippen molar-refractivity contribution in [1.82, 2.24) is 0 Å². The number of phosphoric acid groups is 1. The van der Waals surface area contributed by atoms with E-state index in [1.54, 1.807) is 19.0 Å². The van der Waals surface area contributed by atoms with E-state index >= 15 is 0 Å². The molecule has 0 radical (unpaired) electrons. The summed E-state index contributed by atoms with van der Waals surface area (Å²) in [5, 5.41) is 7.36. The normalized spacial score (nSPS) is 9.58. The summed E-state index contributed by atoms with van der Waals surface area (Å²) in [4.78, 5) is 8.63. The molecule has 0 fully saturated rings. The zero-order chi connectivity index (χ0) is 10.0. The molecule has 5 nitrogen and oxygen atoms in total. The van der Waals surface area contributed by atoms with E-state index in [4.69, 9.17) is 10.3 Å². The fourth-order valence-corrected chi connectivity index (χ4v) is 1.09. The molecule has 0 aromatic carbocycles. The molecule has 0 aromatic heterocycles. The molecule has 0 aromatic rings. The van der Waals surface area contributed by atoms with Crippen LogP contribution in [0.25, 0.3) is 0 Å². The van der Waals surface area contributed by atoms with Gasteiger partial charge in [0.1, 0.15) is 0 Å². The molecular formula is C5H12NO4PS. The number of phosphoric ester groups is 1. The third kappa shape index (κ3) is 12.6. The van der Waals surface area contributed by atoms with Gasteiger partial charge in [-0.2, -0.15) is 0 Å². The lowest BCUT2D eigenvalue weighted by atomic mass is 10.9. The van der Waals surface area contributed by atoms with Gasteiger partial charge in [-0.15, -0.1) is 0 Å². The van der Waals surface area contributed by atoms with Crippen molar-refractivity contribution in [1.29, 1.82) is 5.41 Å². The Bertz CT molecular complexity index is 170. The molecule has 0 aliphatic rings. The molecule has 0 rings (SSSR count). The van der Waals surface area contributed by atoms with E-state index in [2.05, 4.69) is 21.3 Å². The molecule has 72 valence electrons. The van der Waals surface area contributed by atoms with Crippen LogP contribution in [-0.4, -0.2) is 23.3 Å². The summed E-state index contributed by atoms with van der Waals surface area (Å²) in [6, 6.07) is 0. The Kier molecular flexibility index (Phi) is 10.8. The van der Waals surface area contributed by atoms with E-state index in [0.717, 1.165) is 0 Å². The van der Waals surface area contributed by atoms with Crippen LogP contribution in [0.5, 0.6) is 0 Å². The average Bonchev–Trinajstić information content (AvgIpc) is 1.88. The van der Waals surface area contributed by atoms with Crippen LogP contribution in [0.1, 0.15) is 13.8 Å². The van der Waals surface area contributed by atoms with E-state index < -0.39 is 7.82 Å². The highest BCUT2D eigenvalue weighted by molar-refractivity contribution is 7.78. The Morgan fingerprint density at radius 2 is 1.75 bits per heavy atom. The van der Waals surface area contributed by atoms with E-state index in [-0.39, 0.29) is 13.2 Å². The zero-order valence-corrected chi connectivity index (χ0v) is 8.65. The van der Waals surface area contributed by atoms with Crippen LogP contribution in [0.15, 0.2) is 0 Å². The molecule has 2 N–H and O–H groups in total. The van der Waals surface area contributed by atoms with Gasteiger partial charge >= 0.3 is 7.82 Å². The molecule has 12 heavy (non-hydrogen) atoms. The van der Waals surface area contributed by atoms with Crippen LogP contribution in [0.3, 0.4) is 0 Å². The predicted molar refractivity (Wildman–Crippen MR) is 48.4 cm³/mol. The molecule has 0 unspecified atom stereocenters. The maximum absolute atomic E-state index is 10.5. The second-order valence-corrected chi connectivity index (χ2v) is 3.06. The molecule has 0 aliphatic heterocycles. The third-order valence-corrected chi connectivity index (χ3v) is 1.75. The fourth-order valence-electron chi connectivity index (χ4n) is 0.364. The van der Waals surface area contributed by atoms with E-state index in [1.165, 1.54) is 0 Å². The first-order valence-corrected chi connectivity index (χ1v) is 5.10. The van der Waals surface area contributed by atoms with E-state index in [0.29, 0.717) is 0 Å². The monoisotopic (exact) mass is 213 g/mol. The largest absolute Gasteiger partial charge is 0.472 e. The molecule has 0 bridgehead atoms. The molecule has 7 heteroatoms. The van der Waals surface area contributed by atoms with Gasteiger partial charge in [-0.3, -0.25) is 9.05 Å². The molecule has 0 atom stereocenters. The van der Waals surface area contributed by atoms with Crippen LogP contribution >= 0.6 is 20.0 Å². The van der Waals surface area contributed by atoms with Crippen molar-refractivity contribution < 1.29 is 18.5 Å². The minimum absolute atomic E-state index is 0.188. The topological polar surface area (TPSA) is 79.6 Å². The highest BCUT2D eigenvalue weighted by Crippen LogP contribution is 2.42. The van der Waals surface area contributed by atoms with Gasteiger partial charge in [0.25, 0.3) is 0 Å². The fraction of sp³-hybridized carbons (Fsp3) is 0.800. The number of hydrogen-bond acceptors (Lipinski definition) is 5. The summed E-state index contributed by atoms with van der Waals surface area (Å²) in [7, 11) is -3.69. The van der Waals surface area contributed by atoms with Crippen LogP contribution in [-0.2, 0) is 13.6 Å². The Labute approximate surface area is 76.8 Å². The summed E-state index contributed by atoms with van der Waals surface area (Å²) >= 11 is 3.81. The van der Waals surface area contributed by atoms with Gasteiger partial charge in [-0.25, -0.2) is 9.97 Å². The number of isothiocyanates is 1. The number of thiocarbonyl (C=S) groups is 1. The highest BCUT2D eigenvalue weighted by atomic mass is 32.1. The predicted octanol–water partition coefficient (Wildman–Crippen LogP) is 1.83. The van der Waals surface area contributed by atoms with Gasteiger partial charge < -0.3 is 4.89 Å². The lowest BCUT2D eigenvalue weighted by Gasteiger charge is -2.07.